The number of H-pyrrole nitrogens is 1. The molecule has 1 fully saturated rings. The molecule has 1 aliphatic heterocycles. The van der Waals surface area contributed by atoms with Crippen molar-refractivity contribution in [1.82, 2.24) is 33.9 Å². The molecule has 4 heterocycles. The highest BCUT2D eigenvalue weighted by atomic mass is 32.2. The molecule has 35 heavy (non-hydrogen) atoms. The molecule has 0 saturated carbocycles. The fourth-order valence-corrected chi connectivity index (χ4v) is 5.76. The Bertz CT molecular complexity index is 1360. The zero-order chi connectivity index (χ0) is 25.2. The maximum atomic E-state index is 13.4. The first kappa shape index (κ1) is 25.3. The fourth-order valence-electron chi connectivity index (χ4n) is 4.37. The Morgan fingerprint density at radius 2 is 1.83 bits per heavy atom. The first-order valence-corrected chi connectivity index (χ1v) is 13.6. The van der Waals surface area contributed by atoms with Gasteiger partial charge in [-0.25, -0.2) is 18.4 Å². The van der Waals surface area contributed by atoms with Crippen LogP contribution in [0.4, 0.5) is 0 Å². The van der Waals surface area contributed by atoms with Crippen molar-refractivity contribution in [3.63, 3.8) is 0 Å². The minimum absolute atomic E-state index is 0.0426. The molecule has 1 aliphatic rings. The molecule has 3 aromatic rings. The van der Waals surface area contributed by atoms with E-state index in [0.29, 0.717) is 56.8 Å². The predicted molar refractivity (Wildman–Crippen MR) is 133 cm³/mol. The van der Waals surface area contributed by atoms with E-state index in [1.807, 2.05) is 25.5 Å². The van der Waals surface area contributed by atoms with Gasteiger partial charge in [-0.2, -0.15) is 9.40 Å². The third-order valence-electron chi connectivity index (χ3n) is 6.25. The number of hydrogen-bond acceptors (Lipinski definition) is 8. The molecule has 190 valence electrons. The lowest BCUT2D eigenvalue weighted by molar-refractivity contribution is 0.196. The van der Waals surface area contributed by atoms with Crippen LogP contribution in [-0.2, 0) is 23.0 Å². The van der Waals surface area contributed by atoms with Crippen LogP contribution in [-0.4, -0.2) is 81.7 Å². The second-order valence-electron chi connectivity index (χ2n) is 8.43. The van der Waals surface area contributed by atoms with E-state index in [9.17, 15) is 13.2 Å². The van der Waals surface area contributed by atoms with E-state index in [2.05, 4.69) is 26.9 Å². The number of likely N-dealkylation sites (N-methyl/N-ethyl adjacent to an activating group) is 1. The summed E-state index contributed by atoms with van der Waals surface area (Å²) in [4.78, 5) is 27.0. The van der Waals surface area contributed by atoms with E-state index in [4.69, 9.17) is 9.72 Å². The topological polar surface area (TPSA) is 126 Å². The maximum Gasteiger partial charge on any atom is 0.279 e. The molecule has 1 saturated heterocycles. The van der Waals surface area contributed by atoms with Gasteiger partial charge in [-0.3, -0.25) is 9.48 Å². The third-order valence-corrected chi connectivity index (χ3v) is 8.11. The van der Waals surface area contributed by atoms with Crippen LogP contribution >= 0.6 is 0 Å². The quantitative estimate of drug-likeness (QED) is 0.469. The van der Waals surface area contributed by atoms with Crippen LogP contribution in [0.1, 0.15) is 39.8 Å². The monoisotopic (exact) mass is 503 g/mol. The summed E-state index contributed by atoms with van der Waals surface area (Å²) in [6, 6.07) is 1.49. The smallest absolute Gasteiger partial charge is 0.279 e. The number of rotatable bonds is 9. The minimum Gasteiger partial charge on any atom is -0.477 e. The summed E-state index contributed by atoms with van der Waals surface area (Å²) in [5.74, 6) is 0.417. The summed E-state index contributed by atoms with van der Waals surface area (Å²) in [7, 11) is -3.77. The highest BCUT2D eigenvalue weighted by Gasteiger charge is 2.30. The Hall–Kier alpha value is -2.83. The van der Waals surface area contributed by atoms with Crippen LogP contribution in [0.3, 0.4) is 0 Å². The highest BCUT2D eigenvalue weighted by Crippen LogP contribution is 2.30. The van der Waals surface area contributed by atoms with Gasteiger partial charge in [0.2, 0.25) is 15.9 Å². The van der Waals surface area contributed by atoms with Gasteiger partial charge in [-0.05, 0) is 32.4 Å². The normalized spacial score (nSPS) is 15.7. The van der Waals surface area contributed by atoms with Gasteiger partial charge in [0, 0.05) is 32.7 Å². The molecule has 0 spiro atoms. The standard InChI is InChI=1S/C23H33N7O4S/c1-5-9-30-18(6-2)19-20(27-30)22(31)26-21(25-19)17-14-16(15-24-23(17)34-8-4)35(32,33)29-12-10-28(7-3)11-13-29/h14-15H,5-13H2,1-4H3,(H,25,26,31). The average Bonchev–Trinajstić information content (AvgIpc) is 3.22. The molecule has 0 amide bonds. The van der Waals surface area contributed by atoms with E-state index in [0.717, 1.165) is 18.7 Å². The molecule has 4 rings (SSSR count). The SMILES string of the molecule is CCCn1nc2c(=O)[nH]c(-c3cc(S(=O)(=O)N4CCN(CC)CC4)cnc3OCC)nc2c1CC. The lowest BCUT2D eigenvalue weighted by Gasteiger charge is -2.33. The van der Waals surface area contributed by atoms with Gasteiger partial charge in [0.25, 0.3) is 5.56 Å². The Morgan fingerprint density at radius 3 is 2.46 bits per heavy atom. The van der Waals surface area contributed by atoms with E-state index < -0.39 is 10.0 Å². The van der Waals surface area contributed by atoms with Gasteiger partial charge in [-0.15, -0.1) is 0 Å². The number of sulfonamides is 1. The number of aryl methyl sites for hydroxylation is 2. The summed E-state index contributed by atoms with van der Waals surface area (Å²) < 4.78 is 35.8. The Balaban J connectivity index is 1.82. The van der Waals surface area contributed by atoms with Crippen LogP contribution in [0.25, 0.3) is 22.4 Å². The van der Waals surface area contributed by atoms with Crippen molar-refractivity contribution < 1.29 is 13.2 Å². The second-order valence-corrected chi connectivity index (χ2v) is 10.4. The number of piperazine rings is 1. The van der Waals surface area contributed by atoms with Crippen LogP contribution in [0, 0.1) is 0 Å². The minimum atomic E-state index is -3.77. The lowest BCUT2D eigenvalue weighted by atomic mass is 10.2. The van der Waals surface area contributed by atoms with Gasteiger partial charge in [0.05, 0.1) is 24.1 Å². The third kappa shape index (κ3) is 4.82. The van der Waals surface area contributed by atoms with Crippen LogP contribution < -0.4 is 10.3 Å². The van der Waals surface area contributed by atoms with Gasteiger partial charge in [-0.1, -0.05) is 20.8 Å². The molecule has 0 unspecified atom stereocenters. The molecular weight excluding hydrogens is 470 g/mol. The van der Waals surface area contributed by atoms with Crippen molar-refractivity contribution in [1.29, 1.82) is 0 Å². The van der Waals surface area contributed by atoms with E-state index in [-0.39, 0.29) is 27.7 Å². The summed E-state index contributed by atoms with van der Waals surface area (Å²) in [5.41, 5.74) is 1.57. The van der Waals surface area contributed by atoms with Gasteiger partial charge in [0.15, 0.2) is 5.52 Å². The number of nitrogens with zero attached hydrogens (tertiary/aromatic N) is 6. The number of aromatic nitrogens is 5. The summed E-state index contributed by atoms with van der Waals surface area (Å²) in [6.45, 7) is 12.0. The molecule has 11 nitrogen and oxygen atoms in total. The van der Waals surface area contributed by atoms with Crippen molar-refractivity contribution in [2.45, 2.75) is 52.0 Å². The van der Waals surface area contributed by atoms with Crippen molar-refractivity contribution in [2.75, 3.05) is 39.3 Å². The van der Waals surface area contributed by atoms with E-state index in [1.54, 1.807) is 0 Å². The summed E-state index contributed by atoms with van der Waals surface area (Å²) >= 11 is 0. The van der Waals surface area contributed by atoms with Crippen LogP contribution in [0.2, 0.25) is 0 Å². The van der Waals surface area contributed by atoms with Crippen molar-refractivity contribution in [3.8, 4) is 17.3 Å². The Morgan fingerprint density at radius 1 is 1.09 bits per heavy atom. The van der Waals surface area contributed by atoms with Crippen molar-refractivity contribution >= 4 is 21.1 Å². The Labute approximate surface area is 205 Å². The molecule has 3 aromatic heterocycles. The molecule has 0 atom stereocenters. The van der Waals surface area contributed by atoms with Crippen molar-refractivity contribution in [3.05, 3.63) is 28.3 Å². The van der Waals surface area contributed by atoms with Gasteiger partial charge in [0.1, 0.15) is 16.2 Å². The molecule has 1 N–H and O–H groups in total. The number of fused-ring (bicyclic) bond motifs is 1. The zero-order valence-corrected chi connectivity index (χ0v) is 21.6. The van der Waals surface area contributed by atoms with Crippen LogP contribution in [0.5, 0.6) is 5.88 Å². The number of ether oxygens (including phenoxy) is 1. The number of hydrogen-bond donors (Lipinski definition) is 1. The molecular formula is C23H33N7O4S. The van der Waals surface area contributed by atoms with Gasteiger partial charge >= 0.3 is 0 Å². The van der Waals surface area contributed by atoms with Crippen molar-refractivity contribution in [2.24, 2.45) is 0 Å². The molecule has 0 bridgehead atoms. The zero-order valence-electron chi connectivity index (χ0n) is 20.7. The fraction of sp³-hybridized carbons (Fsp3) is 0.565. The Kier molecular flexibility index (Phi) is 7.53. The first-order chi connectivity index (χ1) is 16.8. The summed E-state index contributed by atoms with van der Waals surface area (Å²) in [5, 5.41) is 4.45. The lowest BCUT2D eigenvalue weighted by Crippen LogP contribution is -2.48. The number of aromatic amines is 1. The second kappa shape index (κ2) is 10.4. The van der Waals surface area contributed by atoms with Gasteiger partial charge < -0.3 is 14.6 Å². The number of pyridine rings is 1. The molecule has 0 aromatic carbocycles. The number of nitrogens with one attached hydrogen (secondary N) is 1. The molecule has 0 aliphatic carbocycles. The first-order valence-electron chi connectivity index (χ1n) is 12.2. The highest BCUT2D eigenvalue weighted by molar-refractivity contribution is 7.89. The molecule has 0 radical (unpaired) electrons. The van der Waals surface area contributed by atoms with Crippen LogP contribution in [0.15, 0.2) is 22.0 Å². The predicted octanol–water partition coefficient (Wildman–Crippen LogP) is 1.88. The van der Waals surface area contributed by atoms with E-state index in [1.165, 1.54) is 16.6 Å². The largest absolute Gasteiger partial charge is 0.477 e. The summed E-state index contributed by atoms with van der Waals surface area (Å²) in [6.07, 6.45) is 2.83. The average molecular weight is 504 g/mol. The van der Waals surface area contributed by atoms with E-state index >= 15 is 0 Å². The molecule has 12 heteroatoms. The maximum absolute atomic E-state index is 13.4.